The van der Waals surface area contributed by atoms with E-state index in [2.05, 4.69) is 4.98 Å². The zero-order valence-electron chi connectivity index (χ0n) is 5.66. The topological polar surface area (TPSA) is 52.0 Å². The molecule has 2 rings (SSSR count). The van der Waals surface area contributed by atoms with Gasteiger partial charge in [-0.2, -0.15) is 0 Å². The number of rotatable bonds is 2. The minimum Gasteiger partial charge on any atom is -0.448 e. The van der Waals surface area contributed by atoms with Gasteiger partial charge in [0.05, 0.1) is 6.20 Å². The first-order valence-corrected chi connectivity index (χ1v) is 3.50. The van der Waals surface area contributed by atoms with Crippen LogP contribution in [-0.2, 0) is 0 Å². The van der Waals surface area contributed by atoms with Gasteiger partial charge in [0.15, 0.2) is 6.39 Å². The lowest BCUT2D eigenvalue weighted by molar-refractivity contribution is 0.498. The molecule has 0 saturated heterocycles. The maximum Gasteiger partial charge on any atom is 0.180 e. The molecule has 0 radical (unpaired) electrons. The first-order chi connectivity index (χ1) is 4.92. The number of nitrogens with two attached hydrogens (primary N) is 1. The molecule has 1 fully saturated rings. The number of hydrogen-bond acceptors (Lipinski definition) is 3. The maximum atomic E-state index is 5.47. The van der Waals surface area contributed by atoms with Crippen molar-refractivity contribution in [1.29, 1.82) is 0 Å². The first kappa shape index (κ1) is 5.92. The normalized spacial score (nSPS) is 30.5. The van der Waals surface area contributed by atoms with Crippen molar-refractivity contribution in [3.8, 4) is 0 Å². The molecule has 0 aromatic carbocycles. The van der Waals surface area contributed by atoms with Crippen molar-refractivity contribution in [3.05, 3.63) is 18.4 Å². The zero-order chi connectivity index (χ0) is 6.97. The van der Waals surface area contributed by atoms with E-state index in [4.69, 9.17) is 10.2 Å². The number of nitrogens with zero attached hydrogens (tertiary/aromatic N) is 1. The molecule has 0 amide bonds. The van der Waals surface area contributed by atoms with Gasteiger partial charge < -0.3 is 10.2 Å². The second-order valence-corrected chi connectivity index (χ2v) is 2.74. The Morgan fingerprint density at radius 1 is 1.80 bits per heavy atom. The molecule has 1 aliphatic rings. The Morgan fingerprint density at radius 3 is 3.20 bits per heavy atom. The number of aromatic nitrogens is 1. The van der Waals surface area contributed by atoms with Crippen molar-refractivity contribution in [2.75, 3.05) is 6.54 Å². The molecule has 1 aliphatic carbocycles. The van der Waals surface area contributed by atoms with Crippen LogP contribution in [0.5, 0.6) is 0 Å². The summed E-state index contributed by atoms with van der Waals surface area (Å²) in [4.78, 5) is 3.84. The van der Waals surface area contributed by atoms with Crippen LogP contribution >= 0.6 is 0 Å². The molecule has 0 aliphatic heterocycles. The van der Waals surface area contributed by atoms with E-state index in [1.165, 1.54) is 12.8 Å². The van der Waals surface area contributed by atoms with E-state index in [9.17, 15) is 0 Å². The summed E-state index contributed by atoms with van der Waals surface area (Å²) in [5.74, 6) is 2.20. The molecule has 10 heavy (non-hydrogen) atoms. The molecule has 2 unspecified atom stereocenters. The lowest BCUT2D eigenvalue weighted by atomic mass is 10.3. The Kier molecular flexibility index (Phi) is 1.24. The molecule has 0 spiro atoms. The summed E-state index contributed by atoms with van der Waals surface area (Å²) in [7, 11) is 0. The summed E-state index contributed by atoms with van der Waals surface area (Å²) < 4.78 is 5.12. The van der Waals surface area contributed by atoms with E-state index in [0.29, 0.717) is 11.8 Å². The standard InChI is InChI=1S/C7H10N2O/c8-2-5-1-6(5)7-3-9-4-10-7/h3-6H,1-2,8H2. The summed E-state index contributed by atoms with van der Waals surface area (Å²) >= 11 is 0. The summed E-state index contributed by atoms with van der Waals surface area (Å²) in [6.07, 6.45) is 4.42. The molecule has 1 saturated carbocycles. The van der Waals surface area contributed by atoms with Crippen molar-refractivity contribution in [2.45, 2.75) is 12.3 Å². The Labute approximate surface area is 59.2 Å². The molecule has 1 heterocycles. The van der Waals surface area contributed by atoms with Gasteiger partial charge in [-0.3, -0.25) is 0 Å². The average Bonchev–Trinajstić information content (AvgIpc) is 2.56. The van der Waals surface area contributed by atoms with Crippen LogP contribution in [0.3, 0.4) is 0 Å². The fourth-order valence-corrected chi connectivity index (χ4v) is 1.27. The molecule has 1 aromatic heterocycles. The Balaban J connectivity index is 2.05. The van der Waals surface area contributed by atoms with Crippen LogP contribution in [0.25, 0.3) is 0 Å². The van der Waals surface area contributed by atoms with Crippen LogP contribution in [0.1, 0.15) is 18.1 Å². The quantitative estimate of drug-likeness (QED) is 0.655. The van der Waals surface area contributed by atoms with Crippen molar-refractivity contribution < 1.29 is 4.42 Å². The van der Waals surface area contributed by atoms with E-state index in [-0.39, 0.29) is 0 Å². The molecule has 3 heteroatoms. The predicted molar refractivity (Wildman–Crippen MR) is 36.4 cm³/mol. The van der Waals surface area contributed by atoms with Gasteiger partial charge in [-0.05, 0) is 18.9 Å². The van der Waals surface area contributed by atoms with Gasteiger partial charge in [-0.1, -0.05) is 0 Å². The third kappa shape index (κ3) is 0.827. The van der Waals surface area contributed by atoms with E-state index in [1.54, 1.807) is 6.20 Å². The minimum absolute atomic E-state index is 0.562. The monoisotopic (exact) mass is 138 g/mol. The van der Waals surface area contributed by atoms with Gasteiger partial charge in [0.2, 0.25) is 0 Å². The van der Waals surface area contributed by atoms with Crippen LogP contribution in [0.15, 0.2) is 17.0 Å². The molecular weight excluding hydrogens is 128 g/mol. The van der Waals surface area contributed by atoms with Crippen LogP contribution in [0.4, 0.5) is 0 Å². The van der Waals surface area contributed by atoms with Gasteiger partial charge in [0, 0.05) is 5.92 Å². The fraction of sp³-hybridized carbons (Fsp3) is 0.571. The molecule has 1 aromatic rings. The van der Waals surface area contributed by atoms with Crippen LogP contribution in [0.2, 0.25) is 0 Å². The Morgan fingerprint density at radius 2 is 2.70 bits per heavy atom. The van der Waals surface area contributed by atoms with E-state index in [1.807, 2.05) is 0 Å². The molecule has 2 atom stereocenters. The first-order valence-electron chi connectivity index (χ1n) is 3.50. The Bertz CT molecular complexity index is 207. The van der Waals surface area contributed by atoms with Crippen molar-refractivity contribution in [3.63, 3.8) is 0 Å². The summed E-state index contributed by atoms with van der Waals surface area (Å²) in [6, 6.07) is 0. The largest absolute Gasteiger partial charge is 0.448 e. The summed E-state index contributed by atoms with van der Waals surface area (Å²) in [5, 5.41) is 0. The molecule has 3 nitrogen and oxygen atoms in total. The van der Waals surface area contributed by atoms with Crippen molar-refractivity contribution in [2.24, 2.45) is 11.7 Å². The van der Waals surface area contributed by atoms with Gasteiger partial charge in [0.1, 0.15) is 5.76 Å². The molecule has 54 valence electrons. The summed E-state index contributed by atoms with van der Waals surface area (Å²) in [6.45, 7) is 0.769. The highest BCUT2D eigenvalue weighted by Gasteiger charge is 2.39. The van der Waals surface area contributed by atoms with Gasteiger partial charge in [0.25, 0.3) is 0 Å². The van der Waals surface area contributed by atoms with Crippen LogP contribution < -0.4 is 5.73 Å². The van der Waals surface area contributed by atoms with E-state index < -0.39 is 0 Å². The average molecular weight is 138 g/mol. The Hall–Kier alpha value is -0.830. The second-order valence-electron chi connectivity index (χ2n) is 2.74. The molecule has 2 N–H and O–H groups in total. The minimum atomic E-state index is 0.562. The predicted octanol–water partition coefficient (Wildman–Crippen LogP) is 0.737. The van der Waals surface area contributed by atoms with E-state index in [0.717, 1.165) is 12.3 Å². The lowest BCUT2D eigenvalue weighted by Gasteiger charge is -1.88. The fourth-order valence-electron chi connectivity index (χ4n) is 1.27. The van der Waals surface area contributed by atoms with Crippen molar-refractivity contribution in [1.82, 2.24) is 4.98 Å². The van der Waals surface area contributed by atoms with Crippen LogP contribution in [-0.4, -0.2) is 11.5 Å². The third-order valence-electron chi connectivity index (χ3n) is 2.04. The van der Waals surface area contributed by atoms with Crippen LogP contribution in [0, 0.1) is 5.92 Å². The van der Waals surface area contributed by atoms with E-state index >= 15 is 0 Å². The van der Waals surface area contributed by atoms with Gasteiger partial charge >= 0.3 is 0 Å². The SMILES string of the molecule is NCC1CC1c1cnco1. The third-order valence-corrected chi connectivity index (χ3v) is 2.04. The molecule has 0 bridgehead atoms. The van der Waals surface area contributed by atoms with Gasteiger partial charge in [-0.15, -0.1) is 0 Å². The highest BCUT2D eigenvalue weighted by molar-refractivity contribution is 5.11. The number of hydrogen-bond donors (Lipinski definition) is 1. The van der Waals surface area contributed by atoms with Gasteiger partial charge in [-0.25, -0.2) is 4.98 Å². The lowest BCUT2D eigenvalue weighted by Crippen LogP contribution is -2.01. The molecular formula is C7H10N2O. The highest BCUT2D eigenvalue weighted by atomic mass is 16.3. The smallest absolute Gasteiger partial charge is 0.180 e. The zero-order valence-corrected chi connectivity index (χ0v) is 5.66. The summed E-state index contributed by atoms with van der Waals surface area (Å²) in [5.41, 5.74) is 5.47. The number of oxazole rings is 1. The van der Waals surface area contributed by atoms with Crippen molar-refractivity contribution >= 4 is 0 Å². The second kappa shape index (κ2) is 2.09. The maximum absolute atomic E-state index is 5.47. The highest BCUT2D eigenvalue weighted by Crippen LogP contribution is 2.46.